The monoisotopic (exact) mass is 480 g/mol. The molecule has 0 radical (unpaired) electrons. The summed E-state index contributed by atoms with van der Waals surface area (Å²) in [5, 5.41) is 35.2. The molecule has 8 N–H and O–H groups in total. The topological polar surface area (TPSA) is 208 Å². The summed E-state index contributed by atoms with van der Waals surface area (Å²) in [6, 6.07) is 3.19. The van der Waals surface area contributed by atoms with Gasteiger partial charge >= 0.3 is 11.9 Å². The molecule has 34 heavy (non-hydrogen) atoms. The molecule has 5 atom stereocenters. The number of carboxylic acid groups (broad SMARTS) is 2. The molecule has 0 fully saturated rings. The van der Waals surface area contributed by atoms with E-state index in [2.05, 4.69) is 16.0 Å². The average molecular weight is 481 g/mol. The first-order valence-corrected chi connectivity index (χ1v) is 10.7. The van der Waals surface area contributed by atoms with Crippen molar-refractivity contribution in [2.24, 2.45) is 11.7 Å². The molecule has 1 aromatic rings. The van der Waals surface area contributed by atoms with Crippen LogP contribution in [0, 0.1) is 5.92 Å². The van der Waals surface area contributed by atoms with Crippen molar-refractivity contribution >= 4 is 29.7 Å². The Bertz CT molecular complexity index is 875. The highest BCUT2D eigenvalue weighted by Gasteiger charge is 2.33. The molecule has 0 aliphatic heterocycles. The van der Waals surface area contributed by atoms with Gasteiger partial charge in [-0.25, -0.2) is 4.79 Å². The Kier molecular flexibility index (Phi) is 11.1. The quantitative estimate of drug-likeness (QED) is 0.177. The van der Waals surface area contributed by atoms with E-state index in [0.717, 1.165) is 0 Å². The maximum atomic E-state index is 12.9. The molecule has 0 aliphatic carbocycles. The van der Waals surface area contributed by atoms with Gasteiger partial charge in [0.1, 0.15) is 18.1 Å². The van der Waals surface area contributed by atoms with Gasteiger partial charge in [-0.1, -0.05) is 44.2 Å². The van der Waals surface area contributed by atoms with Gasteiger partial charge in [-0.05, 0) is 18.4 Å². The zero-order chi connectivity index (χ0) is 26.0. The molecule has 0 aromatic heterocycles. The molecular weight excluding hydrogens is 448 g/mol. The molecule has 0 saturated carbocycles. The molecule has 0 bridgehead atoms. The highest BCUT2D eigenvalue weighted by atomic mass is 16.4. The number of aliphatic carboxylic acids is 2. The number of carbonyl (C=O) groups is 5. The lowest BCUT2D eigenvalue weighted by molar-refractivity contribution is -0.143. The Morgan fingerprint density at radius 3 is 1.88 bits per heavy atom. The Labute approximate surface area is 196 Å². The zero-order valence-electron chi connectivity index (χ0n) is 19.2. The smallest absolute Gasteiger partial charge is 0.326 e. The minimum atomic E-state index is -1.54. The van der Waals surface area contributed by atoms with Gasteiger partial charge in [0.2, 0.25) is 17.7 Å². The van der Waals surface area contributed by atoms with E-state index in [0.29, 0.717) is 5.56 Å². The fraction of sp³-hybridized carbons (Fsp3) is 0.500. The first-order valence-electron chi connectivity index (χ1n) is 10.7. The fourth-order valence-electron chi connectivity index (χ4n) is 3.03. The van der Waals surface area contributed by atoms with E-state index in [1.807, 2.05) is 0 Å². The van der Waals surface area contributed by atoms with E-state index in [1.54, 1.807) is 44.2 Å². The van der Waals surface area contributed by atoms with Crippen LogP contribution in [0.25, 0.3) is 0 Å². The first-order chi connectivity index (χ1) is 15.8. The van der Waals surface area contributed by atoms with Crippen LogP contribution < -0.4 is 21.7 Å². The standard InChI is InChI=1S/C22H32N4O8/c1-11(2)17(22(33)34)25-20(31)15(9-13-7-5-4-6-8-13)24-21(32)18(12(3)27)26-19(30)14(23)10-16(28)29/h4-8,11-12,14-15,17-18,27H,9-10,23H2,1-3H3,(H,24,32)(H,25,31)(H,26,30)(H,28,29)(H,33,34). The van der Waals surface area contributed by atoms with Crippen molar-refractivity contribution in [2.75, 3.05) is 0 Å². The highest BCUT2D eigenvalue weighted by molar-refractivity contribution is 5.95. The number of hydrogen-bond donors (Lipinski definition) is 7. The summed E-state index contributed by atoms with van der Waals surface area (Å²) in [5.41, 5.74) is 6.17. The predicted octanol–water partition coefficient (Wildman–Crippen LogP) is -1.39. The lowest BCUT2D eigenvalue weighted by Crippen LogP contribution is -2.60. The van der Waals surface area contributed by atoms with E-state index in [-0.39, 0.29) is 6.42 Å². The first kappa shape index (κ1) is 28.5. The third kappa shape index (κ3) is 9.16. The average Bonchev–Trinajstić information content (AvgIpc) is 2.74. The summed E-state index contributed by atoms with van der Waals surface area (Å²) in [4.78, 5) is 60.2. The number of carboxylic acids is 2. The number of benzene rings is 1. The van der Waals surface area contributed by atoms with Gasteiger partial charge in [-0.2, -0.15) is 0 Å². The van der Waals surface area contributed by atoms with Crippen molar-refractivity contribution in [3.8, 4) is 0 Å². The van der Waals surface area contributed by atoms with Crippen LogP contribution in [0.15, 0.2) is 30.3 Å². The van der Waals surface area contributed by atoms with Crippen molar-refractivity contribution < 1.29 is 39.3 Å². The van der Waals surface area contributed by atoms with Crippen molar-refractivity contribution in [2.45, 2.75) is 63.9 Å². The molecule has 0 saturated heterocycles. The molecule has 1 aromatic carbocycles. The fourth-order valence-corrected chi connectivity index (χ4v) is 3.03. The Morgan fingerprint density at radius 1 is 0.853 bits per heavy atom. The van der Waals surface area contributed by atoms with Crippen molar-refractivity contribution in [3.05, 3.63) is 35.9 Å². The number of nitrogens with two attached hydrogens (primary N) is 1. The van der Waals surface area contributed by atoms with E-state index in [1.165, 1.54) is 6.92 Å². The van der Waals surface area contributed by atoms with Crippen LogP contribution in [0.4, 0.5) is 0 Å². The van der Waals surface area contributed by atoms with Gasteiger partial charge in [0.25, 0.3) is 0 Å². The normalized spacial score (nSPS) is 15.4. The largest absolute Gasteiger partial charge is 0.481 e. The van der Waals surface area contributed by atoms with Crippen LogP contribution in [0.1, 0.15) is 32.8 Å². The van der Waals surface area contributed by atoms with Gasteiger partial charge in [-0.3, -0.25) is 19.2 Å². The van der Waals surface area contributed by atoms with Crippen LogP contribution in [0.2, 0.25) is 0 Å². The Morgan fingerprint density at radius 2 is 1.41 bits per heavy atom. The summed E-state index contributed by atoms with van der Waals surface area (Å²) < 4.78 is 0. The van der Waals surface area contributed by atoms with Crippen LogP contribution in [0.5, 0.6) is 0 Å². The van der Waals surface area contributed by atoms with Crippen LogP contribution in [0.3, 0.4) is 0 Å². The zero-order valence-corrected chi connectivity index (χ0v) is 19.2. The van der Waals surface area contributed by atoms with E-state index in [4.69, 9.17) is 10.8 Å². The van der Waals surface area contributed by atoms with Crippen molar-refractivity contribution in [1.29, 1.82) is 0 Å². The maximum absolute atomic E-state index is 12.9. The molecule has 3 amide bonds. The number of amides is 3. The highest BCUT2D eigenvalue weighted by Crippen LogP contribution is 2.08. The number of carbonyl (C=O) groups excluding carboxylic acids is 3. The lowest BCUT2D eigenvalue weighted by atomic mass is 10.0. The van der Waals surface area contributed by atoms with E-state index in [9.17, 15) is 34.2 Å². The third-order valence-corrected chi connectivity index (χ3v) is 4.94. The molecule has 0 spiro atoms. The summed E-state index contributed by atoms with van der Waals surface area (Å²) in [6.07, 6.45) is -2.10. The number of aliphatic hydroxyl groups excluding tert-OH is 1. The van der Waals surface area contributed by atoms with Gasteiger partial charge in [0.15, 0.2) is 0 Å². The van der Waals surface area contributed by atoms with Crippen LogP contribution >= 0.6 is 0 Å². The number of hydrogen-bond acceptors (Lipinski definition) is 7. The molecule has 12 heteroatoms. The van der Waals surface area contributed by atoms with Crippen molar-refractivity contribution in [1.82, 2.24) is 16.0 Å². The van der Waals surface area contributed by atoms with Gasteiger partial charge in [0.05, 0.1) is 18.6 Å². The van der Waals surface area contributed by atoms with Gasteiger partial charge in [0, 0.05) is 6.42 Å². The second kappa shape index (κ2) is 13.3. The van der Waals surface area contributed by atoms with Gasteiger partial charge in [-0.15, -0.1) is 0 Å². The molecule has 0 heterocycles. The number of nitrogens with one attached hydrogen (secondary N) is 3. The summed E-state index contributed by atoms with van der Waals surface area (Å²) in [5.74, 6) is -5.67. The van der Waals surface area contributed by atoms with Crippen LogP contribution in [-0.2, 0) is 30.4 Å². The lowest BCUT2D eigenvalue weighted by Gasteiger charge is -2.27. The summed E-state index contributed by atoms with van der Waals surface area (Å²) >= 11 is 0. The minimum absolute atomic E-state index is 0.00184. The van der Waals surface area contributed by atoms with E-state index >= 15 is 0 Å². The summed E-state index contributed by atoms with van der Waals surface area (Å²) in [6.45, 7) is 4.45. The molecule has 1 rings (SSSR count). The van der Waals surface area contributed by atoms with Crippen LogP contribution in [-0.4, -0.2) is 75.3 Å². The van der Waals surface area contributed by atoms with E-state index < -0.39 is 72.3 Å². The minimum Gasteiger partial charge on any atom is -0.481 e. The molecular formula is C22H32N4O8. The van der Waals surface area contributed by atoms with Gasteiger partial charge < -0.3 is 37.0 Å². The Hall–Kier alpha value is -3.51. The molecule has 5 unspecified atom stereocenters. The van der Waals surface area contributed by atoms with Crippen molar-refractivity contribution in [3.63, 3.8) is 0 Å². The molecule has 0 aliphatic rings. The molecule has 188 valence electrons. The number of rotatable bonds is 13. The Balaban J connectivity index is 3.09. The maximum Gasteiger partial charge on any atom is 0.326 e. The predicted molar refractivity (Wildman–Crippen MR) is 120 cm³/mol. The number of aliphatic hydroxyl groups is 1. The third-order valence-electron chi connectivity index (χ3n) is 4.94. The SMILES string of the molecule is CC(C)C(NC(=O)C(Cc1ccccc1)NC(=O)C(NC(=O)C(N)CC(=O)O)C(C)O)C(=O)O. The molecule has 12 nitrogen and oxygen atoms in total. The second-order valence-corrected chi connectivity index (χ2v) is 8.25. The second-order valence-electron chi connectivity index (χ2n) is 8.25. The summed E-state index contributed by atoms with van der Waals surface area (Å²) in [7, 11) is 0.